The fourth-order valence-electron chi connectivity index (χ4n) is 0. The molecule has 0 saturated carbocycles. The topological polar surface area (TPSA) is 75.7 Å². The quantitative estimate of drug-likeness (QED) is 0.346. The molecule has 0 fully saturated rings. The molecule has 0 aliphatic rings. The maximum atomic E-state index is 9.81. The van der Waals surface area contributed by atoms with Crippen LogP contribution in [0.25, 0.3) is 0 Å². The molecule has 4 N–H and O–H groups in total. The zero-order valence-electron chi connectivity index (χ0n) is 3.92. The zero-order valence-corrected chi connectivity index (χ0v) is 6.89. The molecule has 0 atom stereocenters. The van der Waals surface area contributed by atoms with Crippen molar-refractivity contribution in [2.45, 2.75) is 0 Å². The summed E-state index contributed by atoms with van der Waals surface area (Å²) in [5.41, 5.74) is 0. The second kappa shape index (κ2) is 10.4. The van der Waals surface area contributed by atoms with Crippen molar-refractivity contribution >= 4 is 7.32 Å². The summed E-state index contributed by atoms with van der Waals surface area (Å²) < 4.78 is 23.0. The van der Waals surface area contributed by atoms with E-state index in [2.05, 4.69) is 10.7 Å². The van der Waals surface area contributed by atoms with E-state index < -0.39 is 25.4 Å². The van der Waals surface area contributed by atoms with Gasteiger partial charge < -0.3 is 14.8 Å². The van der Waals surface area contributed by atoms with Crippen molar-refractivity contribution in [3.05, 3.63) is 0 Å². The summed E-state index contributed by atoms with van der Waals surface area (Å²) >= 11 is -2.88. The Balaban J connectivity index is 0. The molecular weight excluding hydrogens is 176 g/mol. The molecule has 0 aromatic carbocycles. The van der Waals surface area contributed by atoms with Crippen LogP contribution in [-0.2, 0) is 22.9 Å². The standard InChI is InChI=1S/BH4NO3.2FH.Zn/c2-5-1(3)4;;;/h3-4H,2H2;2*1H;/q;;;+2/p-2. The molecule has 0 unspecified atom stereocenters. The summed E-state index contributed by atoms with van der Waals surface area (Å²) in [7, 11) is -1.84. The predicted octanol–water partition coefficient (Wildman–Crippen LogP) is -1.32. The van der Waals surface area contributed by atoms with Crippen LogP contribution in [0.15, 0.2) is 0 Å². The van der Waals surface area contributed by atoms with Crippen LogP contribution in [0, 0.1) is 0 Å². The SMILES string of the molecule is NOB(O)O.[F][Zn][F]. The monoisotopic (exact) mass is 179 g/mol. The normalized spacial score (nSPS) is 6.12. The van der Waals surface area contributed by atoms with Gasteiger partial charge in [-0.15, -0.1) is 0 Å². The summed E-state index contributed by atoms with van der Waals surface area (Å²) in [6.07, 6.45) is 0. The van der Waals surface area contributed by atoms with Gasteiger partial charge in [0.1, 0.15) is 0 Å². The van der Waals surface area contributed by atoms with Crippen LogP contribution < -0.4 is 5.90 Å². The molecule has 0 bridgehead atoms. The van der Waals surface area contributed by atoms with Gasteiger partial charge in [0, 0.05) is 0 Å². The summed E-state index contributed by atoms with van der Waals surface area (Å²) in [4.78, 5) is 0. The van der Waals surface area contributed by atoms with Crippen molar-refractivity contribution in [2.75, 3.05) is 0 Å². The van der Waals surface area contributed by atoms with E-state index >= 15 is 0 Å². The third-order valence-corrected chi connectivity index (χ3v) is 0.122. The molecule has 8 heteroatoms. The van der Waals surface area contributed by atoms with E-state index in [1.807, 2.05) is 0 Å². The van der Waals surface area contributed by atoms with Crippen LogP contribution in [0.5, 0.6) is 0 Å². The molecule has 0 aromatic heterocycles. The van der Waals surface area contributed by atoms with Crippen LogP contribution in [0.4, 0.5) is 6.63 Å². The van der Waals surface area contributed by atoms with Gasteiger partial charge in [0.2, 0.25) is 0 Å². The molecule has 0 heterocycles. The maximum absolute atomic E-state index is 9.81. The van der Waals surface area contributed by atoms with Crippen LogP contribution in [0.2, 0.25) is 0 Å². The summed E-state index contributed by atoms with van der Waals surface area (Å²) in [6.45, 7) is 0. The Kier molecular flexibility index (Phi) is 14.6. The van der Waals surface area contributed by atoms with Crippen LogP contribution in [-0.4, -0.2) is 17.4 Å². The van der Waals surface area contributed by atoms with Gasteiger partial charge in [-0.3, -0.25) is 0 Å². The predicted molar refractivity (Wildman–Crippen MR) is 17.7 cm³/mol. The van der Waals surface area contributed by atoms with E-state index in [-0.39, 0.29) is 0 Å². The molecule has 0 aliphatic heterocycles. The van der Waals surface area contributed by atoms with Crippen molar-refractivity contribution in [1.82, 2.24) is 0 Å². The Morgan fingerprint density at radius 3 is 1.62 bits per heavy atom. The van der Waals surface area contributed by atoms with Crippen molar-refractivity contribution in [1.29, 1.82) is 0 Å². The number of nitrogens with two attached hydrogens (primary N) is 1. The van der Waals surface area contributed by atoms with Gasteiger partial charge in [0.15, 0.2) is 0 Å². The van der Waals surface area contributed by atoms with E-state index in [0.29, 0.717) is 0 Å². The Labute approximate surface area is 53.5 Å². The van der Waals surface area contributed by atoms with Gasteiger partial charge in [-0.05, 0) is 0 Å². The number of halogens is 2. The number of rotatable bonds is 1. The third-order valence-electron chi connectivity index (χ3n) is 0.122. The summed E-state index contributed by atoms with van der Waals surface area (Å²) in [5, 5.41) is 15.1. The van der Waals surface area contributed by atoms with Crippen molar-refractivity contribution < 1.29 is 39.6 Å². The molecule has 0 spiro atoms. The van der Waals surface area contributed by atoms with Gasteiger partial charge in [0.25, 0.3) is 0 Å². The Hall–Kier alpha value is 0.388. The average molecular weight is 180 g/mol. The molecule has 0 saturated heterocycles. The van der Waals surface area contributed by atoms with Crippen LogP contribution in [0.1, 0.15) is 0 Å². The van der Waals surface area contributed by atoms with Gasteiger partial charge >= 0.3 is 32.1 Å². The molecule has 46 valence electrons. The third kappa shape index (κ3) is 32.5. The van der Waals surface area contributed by atoms with Gasteiger partial charge in [-0.2, -0.15) is 0 Å². The Morgan fingerprint density at radius 2 is 1.62 bits per heavy atom. The van der Waals surface area contributed by atoms with E-state index in [9.17, 15) is 6.63 Å². The number of hydrogen-bond acceptors (Lipinski definition) is 4. The Morgan fingerprint density at radius 1 is 1.50 bits per heavy atom. The van der Waals surface area contributed by atoms with Crippen molar-refractivity contribution in [3.8, 4) is 0 Å². The van der Waals surface area contributed by atoms with Gasteiger partial charge in [-0.1, -0.05) is 0 Å². The van der Waals surface area contributed by atoms with Crippen LogP contribution >= 0.6 is 0 Å². The molecule has 0 aliphatic carbocycles. The molecule has 8 heavy (non-hydrogen) atoms. The second-order valence-corrected chi connectivity index (χ2v) is 0.987. The molecule has 4 nitrogen and oxygen atoms in total. The molecule has 0 aromatic rings. The minimum absolute atomic E-state index is 1.84. The molecule has 0 rings (SSSR count). The van der Waals surface area contributed by atoms with E-state index in [1.165, 1.54) is 0 Å². The van der Waals surface area contributed by atoms with E-state index in [4.69, 9.17) is 10.0 Å². The molecule has 0 amide bonds. The number of hydrogen-bond donors (Lipinski definition) is 3. The van der Waals surface area contributed by atoms with Gasteiger partial charge in [-0.25, -0.2) is 5.90 Å². The summed E-state index contributed by atoms with van der Waals surface area (Å²) in [6, 6.07) is 0. The first-order valence-electron chi connectivity index (χ1n) is 1.52. The van der Waals surface area contributed by atoms with Crippen LogP contribution in [0.3, 0.4) is 0 Å². The average Bonchev–Trinajstić information content (AvgIpc) is 1.69. The van der Waals surface area contributed by atoms with Crippen molar-refractivity contribution in [3.63, 3.8) is 0 Å². The zero-order chi connectivity index (χ0) is 6.99. The summed E-state index contributed by atoms with van der Waals surface area (Å²) in [5.74, 6) is 4.17. The van der Waals surface area contributed by atoms with E-state index in [0.717, 1.165) is 0 Å². The Bertz CT molecular complexity index is 38.5. The first-order chi connectivity index (χ1) is 3.68. The second-order valence-electron chi connectivity index (χ2n) is 0.563. The first-order valence-corrected chi connectivity index (χ1v) is 3.77. The van der Waals surface area contributed by atoms with Gasteiger partial charge in [0.05, 0.1) is 0 Å². The first kappa shape index (κ1) is 11.2. The fourth-order valence-corrected chi connectivity index (χ4v) is 0. The molecular formula is H4BF2NO3Zn. The fraction of sp³-hybridized carbons (Fsp3) is 0. The minimum atomic E-state index is -2.88. The molecule has 0 radical (unpaired) electrons. The van der Waals surface area contributed by atoms with E-state index in [1.54, 1.807) is 0 Å². The van der Waals surface area contributed by atoms with Crippen molar-refractivity contribution in [2.24, 2.45) is 5.90 Å².